The molecule has 0 aliphatic carbocycles. The van der Waals surface area contributed by atoms with Gasteiger partial charge in [0.2, 0.25) is 0 Å². The van der Waals surface area contributed by atoms with Gasteiger partial charge in [-0.05, 0) is 40.1 Å². The Kier molecular flexibility index (Phi) is 7.84. The third-order valence-corrected chi connectivity index (χ3v) is 10.4. The minimum atomic E-state index is -2.43. The zero-order valence-corrected chi connectivity index (χ0v) is 18.6. The molecule has 0 radical (unpaired) electrons. The van der Waals surface area contributed by atoms with E-state index < -0.39 is 8.32 Å². The molecule has 0 spiro atoms. The molecule has 0 aliphatic rings. The van der Waals surface area contributed by atoms with Gasteiger partial charge in [0.1, 0.15) is 0 Å². The van der Waals surface area contributed by atoms with E-state index in [2.05, 4.69) is 95.3 Å². The number of hydrogen-bond donors (Lipinski definition) is 1. The molecule has 2 atom stereocenters. The third-order valence-electron chi connectivity index (χ3n) is 5.43. The molecule has 3 heteroatoms. The Bertz CT molecular complexity index is 624. The lowest BCUT2D eigenvalue weighted by atomic mass is 9.96. The first kappa shape index (κ1) is 21.9. The Morgan fingerprint density at radius 2 is 1.33 bits per heavy atom. The molecule has 1 N–H and O–H groups in total. The summed E-state index contributed by atoms with van der Waals surface area (Å²) >= 11 is 0. The molecule has 0 saturated carbocycles. The number of aliphatic hydroxyl groups excluding tert-OH is 1. The second kappa shape index (κ2) is 9.68. The van der Waals surface area contributed by atoms with Gasteiger partial charge in [0.05, 0.1) is 0 Å². The predicted octanol–water partition coefficient (Wildman–Crippen LogP) is 4.61. The molecule has 0 bridgehead atoms. The Morgan fingerprint density at radius 1 is 0.852 bits per heavy atom. The van der Waals surface area contributed by atoms with E-state index in [1.165, 1.54) is 10.4 Å². The van der Waals surface area contributed by atoms with Crippen molar-refractivity contribution in [3.05, 3.63) is 60.7 Å². The molecular formula is C24H36O2Si. The number of hydrogen-bond acceptors (Lipinski definition) is 2. The van der Waals surface area contributed by atoms with Crippen molar-refractivity contribution in [2.24, 2.45) is 11.8 Å². The predicted molar refractivity (Wildman–Crippen MR) is 118 cm³/mol. The summed E-state index contributed by atoms with van der Waals surface area (Å²) in [7, 11) is -2.43. The van der Waals surface area contributed by atoms with Crippen LogP contribution >= 0.6 is 0 Å². The van der Waals surface area contributed by atoms with Gasteiger partial charge in [0.25, 0.3) is 8.32 Å². The van der Waals surface area contributed by atoms with E-state index in [0.29, 0.717) is 11.8 Å². The summed E-state index contributed by atoms with van der Waals surface area (Å²) in [4.78, 5) is 0. The normalized spacial score (nSPS) is 14.7. The number of aliphatic hydroxyl groups is 1. The van der Waals surface area contributed by atoms with Crippen molar-refractivity contribution in [3.8, 4) is 0 Å². The number of rotatable bonds is 9. The Morgan fingerprint density at radius 3 is 1.74 bits per heavy atom. The van der Waals surface area contributed by atoms with Crippen LogP contribution in [-0.2, 0) is 4.43 Å². The fourth-order valence-corrected chi connectivity index (χ4v) is 8.81. The van der Waals surface area contributed by atoms with Crippen molar-refractivity contribution in [2.75, 3.05) is 13.2 Å². The van der Waals surface area contributed by atoms with E-state index in [9.17, 15) is 5.11 Å². The number of benzene rings is 2. The van der Waals surface area contributed by atoms with Crippen LogP contribution in [0.15, 0.2) is 60.7 Å². The summed E-state index contributed by atoms with van der Waals surface area (Å²) in [5.74, 6) is 0.987. The lowest BCUT2D eigenvalue weighted by Crippen LogP contribution is -2.66. The summed E-state index contributed by atoms with van der Waals surface area (Å²) < 4.78 is 6.98. The fraction of sp³-hybridized carbons (Fsp3) is 0.500. The van der Waals surface area contributed by atoms with E-state index in [1.807, 2.05) is 0 Å². The van der Waals surface area contributed by atoms with Gasteiger partial charge >= 0.3 is 0 Å². The molecule has 27 heavy (non-hydrogen) atoms. The lowest BCUT2D eigenvalue weighted by molar-refractivity contribution is 0.204. The summed E-state index contributed by atoms with van der Waals surface area (Å²) in [6.45, 7) is 12.5. The van der Waals surface area contributed by atoms with Gasteiger partial charge in [0, 0.05) is 13.2 Å². The van der Waals surface area contributed by atoms with Crippen molar-refractivity contribution in [1.29, 1.82) is 0 Å². The highest BCUT2D eigenvalue weighted by molar-refractivity contribution is 6.99. The minimum absolute atomic E-state index is 0.0200. The summed E-state index contributed by atoms with van der Waals surface area (Å²) in [5, 5.41) is 11.9. The molecule has 0 aliphatic heterocycles. The highest BCUT2D eigenvalue weighted by Crippen LogP contribution is 2.37. The van der Waals surface area contributed by atoms with E-state index >= 15 is 0 Å². The highest BCUT2D eigenvalue weighted by Gasteiger charge is 2.50. The van der Waals surface area contributed by atoms with Crippen molar-refractivity contribution in [1.82, 2.24) is 0 Å². The molecule has 0 heterocycles. The molecule has 2 rings (SSSR count). The molecule has 0 aromatic heterocycles. The molecule has 0 fully saturated rings. The molecule has 148 valence electrons. The summed E-state index contributed by atoms with van der Waals surface area (Å²) in [6, 6.07) is 21.6. The SMILES string of the molecule is C[C@H](CCO)C[C@@H](C)CO[Si](c1ccccc1)(c1ccccc1)C(C)(C)C. The van der Waals surface area contributed by atoms with Gasteiger partial charge < -0.3 is 9.53 Å². The largest absolute Gasteiger partial charge is 0.407 e. The van der Waals surface area contributed by atoms with Crippen molar-refractivity contribution >= 4 is 18.7 Å². The van der Waals surface area contributed by atoms with Crippen LogP contribution in [0.1, 0.15) is 47.5 Å². The highest BCUT2D eigenvalue weighted by atomic mass is 28.4. The van der Waals surface area contributed by atoms with Crippen molar-refractivity contribution in [3.63, 3.8) is 0 Å². The van der Waals surface area contributed by atoms with Crippen LogP contribution in [0.5, 0.6) is 0 Å². The van der Waals surface area contributed by atoms with Gasteiger partial charge in [-0.3, -0.25) is 0 Å². The van der Waals surface area contributed by atoms with Gasteiger partial charge in [-0.25, -0.2) is 0 Å². The van der Waals surface area contributed by atoms with E-state index in [1.54, 1.807) is 0 Å². The average Bonchev–Trinajstić information content (AvgIpc) is 2.63. The molecule has 0 amide bonds. The van der Waals surface area contributed by atoms with E-state index in [-0.39, 0.29) is 11.6 Å². The van der Waals surface area contributed by atoms with Crippen LogP contribution in [0.3, 0.4) is 0 Å². The first-order valence-electron chi connectivity index (χ1n) is 10.2. The zero-order chi connectivity index (χ0) is 19.9. The second-order valence-corrected chi connectivity index (χ2v) is 13.2. The Hall–Kier alpha value is -1.42. The maximum Gasteiger partial charge on any atom is 0.261 e. The Balaban J connectivity index is 2.38. The van der Waals surface area contributed by atoms with Gasteiger partial charge in [-0.15, -0.1) is 0 Å². The van der Waals surface area contributed by atoms with Crippen LogP contribution in [0, 0.1) is 11.8 Å². The quantitative estimate of drug-likeness (QED) is 0.640. The third kappa shape index (κ3) is 5.31. The van der Waals surface area contributed by atoms with E-state index in [4.69, 9.17) is 4.43 Å². The molecule has 2 aromatic carbocycles. The molecule has 2 aromatic rings. The molecule has 0 saturated heterocycles. The van der Waals surface area contributed by atoms with Crippen molar-refractivity contribution < 1.29 is 9.53 Å². The van der Waals surface area contributed by atoms with E-state index in [0.717, 1.165) is 19.4 Å². The maximum atomic E-state index is 9.19. The summed E-state index contributed by atoms with van der Waals surface area (Å²) in [5.41, 5.74) is 0. The van der Waals surface area contributed by atoms with Crippen LogP contribution in [0.25, 0.3) is 0 Å². The standard InChI is InChI=1S/C24H36O2Si/c1-20(16-17-25)18-21(2)19-26-27(24(3,4)5,22-12-8-6-9-13-22)23-14-10-7-11-15-23/h6-15,20-21,25H,16-19H2,1-5H3/t20-,21-/m1/s1. The monoisotopic (exact) mass is 384 g/mol. The minimum Gasteiger partial charge on any atom is -0.407 e. The maximum absolute atomic E-state index is 9.19. The molecular weight excluding hydrogens is 348 g/mol. The van der Waals surface area contributed by atoms with Gasteiger partial charge in [0.15, 0.2) is 0 Å². The lowest BCUT2D eigenvalue weighted by Gasteiger charge is -2.43. The van der Waals surface area contributed by atoms with Crippen LogP contribution < -0.4 is 10.4 Å². The van der Waals surface area contributed by atoms with Crippen molar-refractivity contribution in [2.45, 2.75) is 52.5 Å². The van der Waals surface area contributed by atoms with Crippen LogP contribution in [0.2, 0.25) is 5.04 Å². The zero-order valence-electron chi connectivity index (χ0n) is 17.6. The second-order valence-electron chi connectivity index (χ2n) is 8.93. The van der Waals surface area contributed by atoms with Gasteiger partial charge in [-0.2, -0.15) is 0 Å². The Labute approximate surface area is 166 Å². The first-order valence-corrected chi connectivity index (χ1v) is 12.1. The average molecular weight is 385 g/mol. The summed E-state index contributed by atoms with van der Waals surface area (Å²) in [6.07, 6.45) is 1.95. The fourth-order valence-electron chi connectivity index (χ4n) is 4.12. The topological polar surface area (TPSA) is 29.5 Å². The molecule has 2 nitrogen and oxygen atoms in total. The van der Waals surface area contributed by atoms with Crippen LogP contribution in [-0.4, -0.2) is 26.6 Å². The van der Waals surface area contributed by atoms with Crippen LogP contribution in [0.4, 0.5) is 0 Å². The first-order chi connectivity index (χ1) is 12.8. The van der Waals surface area contributed by atoms with Gasteiger partial charge in [-0.1, -0.05) is 95.3 Å². The molecule has 0 unspecified atom stereocenters. The smallest absolute Gasteiger partial charge is 0.261 e.